The Bertz CT molecular complexity index is 1410. The van der Waals surface area contributed by atoms with Crippen molar-refractivity contribution in [3.05, 3.63) is 72.4 Å². The second kappa shape index (κ2) is 10.6. The normalized spacial score (nSPS) is 13.9. The molecule has 196 valence electrons. The lowest BCUT2D eigenvalue weighted by Crippen LogP contribution is -2.57. The fourth-order valence-corrected chi connectivity index (χ4v) is 4.36. The molecule has 0 saturated carbocycles. The second-order valence-electron chi connectivity index (χ2n) is 9.06. The minimum Gasteiger partial charge on any atom is -0.415 e. The summed E-state index contributed by atoms with van der Waals surface area (Å²) in [5.41, 5.74) is 3.03. The summed E-state index contributed by atoms with van der Waals surface area (Å²) in [5.74, 6) is -1.34. The molecule has 1 aliphatic heterocycles. The summed E-state index contributed by atoms with van der Waals surface area (Å²) in [6, 6.07) is 9.97. The summed E-state index contributed by atoms with van der Waals surface area (Å²) in [7, 11) is 3.95. The maximum atomic E-state index is 15.4. The van der Waals surface area contributed by atoms with Gasteiger partial charge in [-0.2, -0.15) is 8.78 Å². The maximum absolute atomic E-state index is 15.4. The lowest BCUT2D eigenvalue weighted by molar-refractivity contribution is -0.107. The van der Waals surface area contributed by atoms with Crippen molar-refractivity contribution < 1.29 is 22.4 Å². The van der Waals surface area contributed by atoms with Crippen LogP contribution in [0.15, 0.2) is 59.4 Å². The zero-order chi connectivity index (χ0) is 26.8. The predicted molar refractivity (Wildman–Crippen MR) is 134 cm³/mol. The quantitative estimate of drug-likeness (QED) is 0.302. The number of anilines is 2. The number of rotatable bonds is 9. The number of amides is 1. The number of hydrogen-bond donors (Lipinski definition) is 0. The molecular formula is C26H24F3N7O2. The topological polar surface area (TPSA) is 91.5 Å². The average Bonchev–Trinajstić information content (AvgIpc) is 3.41. The molecule has 38 heavy (non-hydrogen) atoms. The molecule has 9 nitrogen and oxygen atoms in total. The fraction of sp³-hybridized carbons (Fsp3) is 0.269. The van der Waals surface area contributed by atoms with Crippen molar-refractivity contribution in [3.63, 3.8) is 0 Å². The van der Waals surface area contributed by atoms with Gasteiger partial charge in [0.25, 0.3) is 5.89 Å². The third-order valence-electron chi connectivity index (χ3n) is 6.50. The molecule has 1 aromatic carbocycles. The predicted octanol–water partition coefficient (Wildman–Crippen LogP) is 4.18. The number of halogens is 3. The van der Waals surface area contributed by atoms with Crippen LogP contribution in [0.3, 0.4) is 0 Å². The number of alkyl halides is 2. The number of likely N-dealkylation sites (tertiary alicyclic amines) is 1. The number of pyridine rings is 2. The van der Waals surface area contributed by atoms with Gasteiger partial charge in [0.15, 0.2) is 0 Å². The van der Waals surface area contributed by atoms with Gasteiger partial charge in [0.1, 0.15) is 5.82 Å². The van der Waals surface area contributed by atoms with E-state index in [1.54, 1.807) is 42.7 Å². The molecule has 1 aliphatic rings. The van der Waals surface area contributed by atoms with Crippen molar-refractivity contribution in [3.8, 4) is 22.6 Å². The highest BCUT2D eigenvalue weighted by Gasteiger charge is 2.30. The zero-order valence-corrected chi connectivity index (χ0v) is 20.6. The lowest BCUT2D eigenvalue weighted by atomic mass is 10.0. The van der Waals surface area contributed by atoms with Crippen LogP contribution in [0, 0.1) is 5.82 Å². The summed E-state index contributed by atoms with van der Waals surface area (Å²) in [6.07, 6.45) is 2.35. The van der Waals surface area contributed by atoms with Crippen LogP contribution in [-0.4, -0.2) is 64.7 Å². The Morgan fingerprint density at radius 1 is 1.11 bits per heavy atom. The maximum Gasteiger partial charge on any atom is 0.314 e. The average molecular weight is 524 g/mol. The van der Waals surface area contributed by atoms with E-state index in [2.05, 4.69) is 30.0 Å². The first-order valence-electron chi connectivity index (χ1n) is 11.8. The van der Waals surface area contributed by atoms with Gasteiger partial charge in [-0.15, -0.1) is 10.2 Å². The molecule has 0 aliphatic carbocycles. The Hall–Kier alpha value is -4.32. The Morgan fingerprint density at radius 3 is 2.47 bits per heavy atom. The van der Waals surface area contributed by atoms with E-state index in [9.17, 15) is 13.6 Å². The van der Waals surface area contributed by atoms with Gasteiger partial charge >= 0.3 is 6.43 Å². The molecule has 0 spiro atoms. The van der Waals surface area contributed by atoms with E-state index in [4.69, 9.17) is 4.42 Å². The summed E-state index contributed by atoms with van der Waals surface area (Å²) in [6.45, 7) is 1.73. The molecule has 1 saturated heterocycles. The zero-order valence-electron chi connectivity index (χ0n) is 20.6. The molecule has 0 radical (unpaired) electrons. The number of carbonyl (C=O) groups excluding carboxylic acids is 1. The van der Waals surface area contributed by atoms with E-state index < -0.39 is 18.1 Å². The summed E-state index contributed by atoms with van der Waals surface area (Å²) in [4.78, 5) is 26.2. The van der Waals surface area contributed by atoms with Crippen LogP contribution < -0.4 is 9.80 Å². The number of hydrogen-bond acceptors (Lipinski definition) is 8. The first-order valence-corrected chi connectivity index (χ1v) is 11.8. The molecule has 0 N–H and O–H groups in total. The van der Waals surface area contributed by atoms with Gasteiger partial charge in [-0.1, -0.05) is 0 Å². The number of benzene rings is 1. The summed E-state index contributed by atoms with van der Waals surface area (Å²) >= 11 is 0. The minimum atomic E-state index is -2.87. The van der Waals surface area contributed by atoms with E-state index in [0.717, 1.165) is 13.1 Å². The molecular weight excluding hydrogens is 499 g/mol. The molecule has 5 rings (SSSR count). The van der Waals surface area contributed by atoms with E-state index in [0.29, 0.717) is 40.2 Å². The van der Waals surface area contributed by atoms with Gasteiger partial charge in [0.05, 0.1) is 35.2 Å². The van der Waals surface area contributed by atoms with Gasteiger partial charge in [-0.05, 0) is 42.9 Å². The molecule has 1 amide bonds. The fourth-order valence-electron chi connectivity index (χ4n) is 4.36. The van der Waals surface area contributed by atoms with E-state index in [1.165, 1.54) is 17.2 Å². The Balaban J connectivity index is 1.45. The molecule has 4 aromatic rings. The number of nitrogens with zero attached hydrogens (tertiary/aromatic N) is 7. The monoisotopic (exact) mass is 523 g/mol. The number of aromatic nitrogens is 4. The van der Waals surface area contributed by atoms with Gasteiger partial charge in [0.2, 0.25) is 12.3 Å². The van der Waals surface area contributed by atoms with Crippen LogP contribution in [0.25, 0.3) is 22.6 Å². The molecule has 4 heterocycles. The third-order valence-corrected chi connectivity index (χ3v) is 6.50. The van der Waals surface area contributed by atoms with Gasteiger partial charge in [-0.25, -0.2) is 4.39 Å². The van der Waals surface area contributed by atoms with Gasteiger partial charge in [0, 0.05) is 50.4 Å². The number of carbonyl (C=O) groups is 1. The molecule has 0 unspecified atom stereocenters. The van der Waals surface area contributed by atoms with Gasteiger partial charge < -0.3 is 19.1 Å². The highest BCUT2D eigenvalue weighted by molar-refractivity contribution is 5.87. The first-order chi connectivity index (χ1) is 18.3. The van der Waals surface area contributed by atoms with Crippen LogP contribution in [0.2, 0.25) is 0 Å². The van der Waals surface area contributed by atoms with E-state index in [-0.39, 0.29) is 18.5 Å². The largest absolute Gasteiger partial charge is 0.415 e. The van der Waals surface area contributed by atoms with Crippen LogP contribution in [0.5, 0.6) is 0 Å². The van der Waals surface area contributed by atoms with Crippen LogP contribution in [0.4, 0.5) is 24.5 Å². The van der Waals surface area contributed by atoms with Crippen LogP contribution >= 0.6 is 0 Å². The standard InChI is InChI=1S/C26H24F3N7O2/c1-34-13-19(14-34)35(2)22-9-20(16-5-7-30-8-6-16)21(27)10-23(22)36(15-37)12-18-4-3-17(11-31-18)25-32-33-26(38-25)24(28)29/h3-11,15,19,24H,12-14H2,1-2H3. The minimum absolute atomic E-state index is 0.0509. The lowest BCUT2D eigenvalue weighted by Gasteiger charge is -2.44. The van der Waals surface area contributed by atoms with Crippen molar-refractivity contribution in [1.29, 1.82) is 0 Å². The van der Waals surface area contributed by atoms with Crippen molar-refractivity contribution in [1.82, 2.24) is 25.1 Å². The Kier molecular flexibility index (Phi) is 7.05. The van der Waals surface area contributed by atoms with E-state index >= 15 is 4.39 Å². The second-order valence-corrected chi connectivity index (χ2v) is 9.06. The van der Waals surface area contributed by atoms with Gasteiger partial charge in [-0.3, -0.25) is 14.8 Å². The first kappa shape index (κ1) is 25.3. The summed E-state index contributed by atoms with van der Waals surface area (Å²) < 4.78 is 45.9. The van der Waals surface area contributed by atoms with Crippen molar-refractivity contribution in [2.45, 2.75) is 19.0 Å². The summed E-state index contributed by atoms with van der Waals surface area (Å²) in [5, 5.41) is 6.93. The molecule has 0 atom stereocenters. The van der Waals surface area contributed by atoms with Crippen molar-refractivity contribution in [2.75, 3.05) is 37.0 Å². The molecule has 3 aromatic heterocycles. The van der Waals surface area contributed by atoms with Crippen LogP contribution in [0.1, 0.15) is 18.0 Å². The smallest absolute Gasteiger partial charge is 0.314 e. The third kappa shape index (κ3) is 5.07. The molecule has 12 heteroatoms. The van der Waals surface area contributed by atoms with Crippen molar-refractivity contribution in [2.24, 2.45) is 0 Å². The number of likely N-dealkylation sites (N-methyl/N-ethyl adjacent to an activating group) is 2. The SMILES string of the molecule is CN1CC(N(C)c2cc(-c3ccncc3)c(F)cc2N(C=O)Cc2ccc(-c3nnc(C(F)F)o3)cn2)C1. The highest BCUT2D eigenvalue weighted by Crippen LogP contribution is 2.38. The Morgan fingerprint density at radius 2 is 1.87 bits per heavy atom. The van der Waals surface area contributed by atoms with Crippen molar-refractivity contribution >= 4 is 17.8 Å². The molecule has 1 fully saturated rings. The Labute approximate surface area is 216 Å². The van der Waals surface area contributed by atoms with Crippen LogP contribution in [-0.2, 0) is 11.3 Å². The highest BCUT2D eigenvalue weighted by atomic mass is 19.3. The molecule has 0 bridgehead atoms. The van der Waals surface area contributed by atoms with E-state index in [1.807, 2.05) is 14.1 Å².